The first kappa shape index (κ1) is 21.1. The van der Waals surface area contributed by atoms with Gasteiger partial charge in [0.05, 0.1) is 12.6 Å². The molecule has 1 aromatic carbocycles. The summed E-state index contributed by atoms with van der Waals surface area (Å²) in [4.78, 5) is 4.44. The second-order valence-corrected chi connectivity index (χ2v) is 5.02. The molecule has 4 nitrogen and oxygen atoms in total. The number of aliphatic imine (C=N–C) groups is 1. The van der Waals surface area contributed by atoms with Crippen molar-refractivity contribution in [3.63, 3.8) is 0 Å². The van der Waals surface area contributed by atoms with Crippen molar-refractivity contribution in [2.24, 2.45) is 4.99 Å². The average Bonchev–Trinajstić information content (AvgIpc) is 2.44. The molecule has 0 aliphatic carbocycles. The third kappa shape index (κ3) is 9.94. The average molecular weight is 423 g/mol. The van der Waals surface area contributed by atoms with Crippen LogP contribution in [-0.2, 0) is 11.3 Å². The Bertz CT molecular complexity index is 441. The lowest BCUT2D eigenvalue weighted by molar-refractivity contribution is 0.0776. The van der Waals surface area contributed by atoms with E-state index in [1.165, 1.54) is 12.1 Å². The predicted molar refractivity (Wildman–Crippen MR) is 100 cm³/mol. The van der Waals surface area contributed by atoms with Crippen LogP contribution in [0.3, 0.4) is 0 Å². The molecule has 0 unspecified atom stereocenters. The normalized spacial score (nSPS) is 11.2. The molecule has 126 valence electrons. The molecule has 0 atom stereocenters. The highest BCUT2D eigenvalue weighted by Gasteiger charge is 1.99. The zero-order valence-corrected chi connectivity index (χ0v) is 15.9. The molecule has 0 bridgehead atoms. The smallest absolute Gasteiger partial charge is 0.191 e. The summed E-state index contributed by atoms with van der Waals surface area (Å²) >= 11 is 0. The van der Waals surface area contributed by atoms with E-state index < -0.39 is 0 Å². The van der Waals surface area contributed by atoms with E-state index in [1.807, 2.05) is 26.8 Å². The Kier molecular flexibility index (Phi) is 12.1. The van der Waals surface area contributed by atoms with Crippen LogP contribution in [0.25, 0.3) is 0 Å². The maximum atomic E-state index is 13.1. The van der Waals surface area contributed by atoms with Crippen molar-refractivity contribution in [1.29, 1.82) is 0 Å². The van der Waals surface area contributed by atoms with Crippen molar-refractivity contribution >= 4 is 29.9 Å². The van der Waals surface area contributed by atoms with E-state index in [0.717, 1.165) is 37.6 Å². The second-order valence-electron chi connectivity index (χ2n) is 5.02. The highest BCUT2D eigenvalue weighted by molar-refractivity contribution is 14.0. The van der Waals surface area contributed by atoms with Gasteiger partial charge in [-0.2, -0.15) is 0 Å². The van der Waals surface area contributed by atoms with Crippen LogP contribution in [0.4, 0.5) is 4.39 Å². The SMILES string of the molecule is CCNC(=NCc1cccc(F)c1)NCCCOC(C)C.I. The molecular formula is C16H27FIN3O. The monoisotopic (exact) mass is 423 g/mol. The zero-order valence-electron chi connectivity index (χ0n) is 13.6. The largest absolute Gasteiger partial charge is 0.379 e. The summed E-state index contributed by atoms with van der Waals surface area (Å²) in [6, 6.07) is 6.51. The van der Waals surface area contributed by atoms with Gasteiger partial charge in [0.2, 0.25) is 0 Å². The van der Waals surface area contributed by atoms with Gasteiger partial charge in [-0.25, -0.2) is 9.38 Å². The fraction of sp³-hybridized carbons (Fsp3) is 0.562. The van der Waals surface area contributed by atoms with E-state index in [0.29, 0.717) is 6.54 Å². The molecule has 0 aliphatic heterocycles. The summed E-state index contributed by atoms with van der Waals surface area (Å²) < 4.78 is 18.6. The lowest BCUT2D eigenvalue weighted by Gasteiger charge is -2.12. The zero-order chi connectivity index (χ0) is 15.5. The molecule has 1 rings (SSSR count). The van der Waals surface area contributed by atoms with Crippen molar-refractivity contribution in [3.8, 4) is 0 Å². The molecule has 1 aromatic rings. The number of hydrogen-bond donors (Lipinski definition) is 2. The Morgan fingerprint density at radius 1 is 1.32 bits per heavy atom. The number of hydrogen-bond acceptors (Lipinski definition) is 2. The third-order valence-electron chi connectivity index (χ3n) is 2.72. The van der Waals surface area contributed by atoms with Crippen LogP contribution in [0.2, 0.25) is 0 Å². The predicted octanol–water partition coefficient (Wildman–Crippen LogP) is 3.31. The van der Waals surface area contributed by atoms with Gasteiger partial charge in [-0.05, 0) is 44.9 Å². The lowest BCUT2D eigenvalue weighted by Crippen LogP contribution is -2.38. The van der Waals surface area contributed by atoms with Gasteiger partial charge in [-0.1, -0.05) is 12.1 Å². The molecule has 0 saturated carbocycles. The summed E-state index contributed by atoms with van der Waals surface area (Å²) in [7, 11) is 0. The van der Waals surface area contributed by atoms with Gasteiger partial charge < -0.3 is 15.4 Å². The van der Waals surface area contributed by atoms with Gasteiger partial charge in [0.25, 0.3) is 0 Å². The fourth-order valence-corrected chi connectivity index (χ4v) is 1.75. The Hall–Kier alpha value is -0.890. The first-order valence-electron chi connectivity index (χ1n) is 7.50. The summed E-state index contributed by atoms with van der Waals surface area (Å²) in [5.41, 5.74) is 0.857. The van der Waals surface area contributed by atoms with Crippen LogP contribution in [0.5, 0.6) is 0 Å². The number of halogens is 2. The number of guanidine groups is 1. The molecule has 0 aliphatic rings. The van der Waals surface area contributed by atoms with Gasteiger partial charge in [0.1, 0.15) is 5.82 Å². The number of nitrogens with zero attached hydrogens (tertiary/aromatic N) is 1. The van der Waals surface area contributed by atoms with Crippen molar-refractivity contribution in [3.05, 3.63) is 35.6 Å². The standard InChI is InChI=1S/C16H26FN3O.HI/c1-4-18-16(19-9-6-10-21-13(2)3)20-12-14-7-5-8-15(17)11-14;/h5,7-8,11,13H,4,6,9-10,12H2,1-3H3,(H2,18,19,20);1H. The molecular weight excluding hydrogens is 396 g/mol. The molecule has 0 radical (unpaired) electrons. The van der Waals surface area contributed by atoms with Gasteiger partial charge in [-0.3, -0.25) is 0 Å². The molecule has 2 N–H and O–H groups in total. The highest BCUT2D eigenvalue weighted by Crippen LogP contribution is 2.04. The van der Waals surface area contributed by atoms with E-state index in [-0.39, 0.29) is 35.9 Å². The van der Waals surface area contributed by atoms with E-state index in [4.69, 9.17) is 4.74 Å². The Labute approximate surface area is 149 Å². The molecule has 0 aromatic heterocycles. The summed E-state index contributed by atoms with van der Waals surface area (Å²) in [5.74, 6) is 0.512. The molecule has 0 fully saturated rings. The quantitative estimate of drug-likeness (QED) is 0.292. The Morgan fingerprint density at radius 3 is 2.73 bits per heavy atom. The van der Waals surface area contributed by atoms with E-state index in [9.17, 15) is 4.39 Å². The van der Waals surface area contributed by atoms with Crippen LogP contribution in [0, 0.1) is 5.82 Å². The first-order chi connectivity index (χ1) is 10.1. The second kappa shape index (κ2) is 12.6. The van der Waals surface area contributed by atoms with Crippen molar-refractivity contribution in [2.45, 2.75) is 39.8 Å². The maximum absolute atomic E-state index is 13.1. The Balaban J connectivity index is 0.00000441. The molecule has 0 spiro atoms. The van der Waals surface area contributed by atoms with E-state index in [1.54, 1.807) is 6.07 Å². The summed E-state index contributed by atoms with van der Waals surface area (Å²) in [5, 5.41) is 6.42. The fourth-order valence-electron chi connectivity index (χ4n) is 1.75. The highest BCUT2D eigenvalue weighted by atomic mass is 127. The summed E-state index contributed by atoms with van der Waals surface area (Å²) in [6.45, 7) is 8.83. The molecule has 0 amide bonds. The van der Waals surface area contributed by atoms with Crippen LogP contribution in [0.1, 0.15) is 32.8 Å². The van der Waals surface area contributed by atoms with Crippen molar-refractivity contribution in [2.75, 3.05) is 19.7 Å². The van der Waals surface area contributed by atoms with Crippen LogP contribution in [-0.4, -0.2) is 31.8 Å². The minimum atomic E-state index is -0.230. The van der Waals surface area contributed by atoms with E-state index >= 15 is 0 Å². The van der Waals surface area contributed by atoms with Crippen LogP contribution in [0.15, 0.2) is 29.3 Å². The van der Waals surface area contributed by atoms with Gasteiger partial charge >= 0.3 is 0 Å². The van der Waals surface area contributed by atoms with Gasteiger partial charge in [-0.15, -0.1) is 24.0 Å². The molecule has 6 heteroatoms. The first-order valence-corrected chi connectivity index (χ1v) is 7.50. The number of rotatable bonds is 8. The minimum Gasteiger partial charge on any atom is -0.379 e. The summed E-state index contributed by atoms with van der Waals surface area (Å²) in [6.07, 6.45) is 1.18. The minimum absolute atomic E-state index is 0. The van der Waals surface area contributed by atoms with Gasteiger partial charge in [0, 0.05) is 19.7 Å². The lowest BCUT2D eigenvalue weighted by atomic mass is 10.2. The third-order valence-corrected chi connectivity index (χ3v) is 2.72. The van der Waals surface area contributed by atoms with Crippen LogP contribution < -0.4 is 10.6 Å². The molecule has 0 heterocycles. The van der Waals surface area contributed by atoms with E-state index in [2.05, 4.69) is 15.6 Å². The molecule has 22 heavy (non-hydrogen) atoms. The Morgan fingerprint density at radius 2 is 2.09 bits per heavy atom. The number of nitrogens with one attached hydrogen (secondary N) is 2. The number of ether oxygens (including phenoxy) is 1. The van der Waals surface area contributed by atoms with Gasteiger partial charge in [0.15, 0.2) is 5.96 Å². The number of benzene rings is 1. The van der Waals surface area contributed by atoms with Crippen molar-refractivity contribution in [1.82, 2.24) is 10.6 Å². The van der Waals surface area contributed by atoms with Crippen LogP contribution >= 0.6 is 24.0 Å². The van der Waals surface area contributed by atoms with Crippen molar-refractivity contribution < 1.29 is 9.13 Å². The topological polar surface area (TPSA) is 45.7 Å². The maximum Gasteiger partial charge on any atom is 0.191 e. The molecule has 0 saturated heterocycles.